The molecule has 0 radical (unpaired) electrons. The molecule has 0 aliphatic carbocycles. The molecule has 7 nitrogen and oxygen atoms in total. The van der Waals surface area contributed by atoms with Gasteiger partial charge < -0.3 is 19.7 Å². The minimum absolute atomic E-state index is 0.0477. The predicted molar refractivity (Wildman–Crippen MR) is 87.2 cm³/mol. The molecular formula is C17H26N2O5. The quantitative estimate of drug-likeness (QED) is 0.612. The van der Waals surface area contributed by atoms with Crippen molar-refractivity contribution < 1.29 is 23.9 Å². The van der Waals surface area contributed by atoms with Gasteiger partial charge in [-0.05, 0) is 46.5 Å². The lowest BCUT2D eigenvalue weighted by Gasteiger charge is -2.34. The topological polar surface area (TPSA) is 84.9 Å². The van der Waals surface area contributed by atoms with Crippen molar-refractivity contribution in [2.24, 2.45) is 0 Å². The largest absolute Gasteiger partial charge is 0.458 e. The van der Waals surface area contributed by atoms with Crippen molar-refractivity contribution in [2.75, 3.05) is 7.11 Å². The molecule has 0 aromatic carbocycles. The molecule has 2 amide bonds. The molecule has 2 aliphatic heterocycles. The summed E-state index contributed by atoms with van der Waals surface area (Å²) in [6, 6.07) is -1.39. The van der Waals surface area contributed by atoms with E-state index in [9.17, 15) is 14.4 Å². The van der Waals surface area contributed by atoms with Crippen LogP contribution in [0.5, 0.6) is 0 Å². The highest BCUT2D eigenvalue weighted by atomic mass is 16.6. The SMILES string of the molecule is COC(=O)N[C@H]1C/C=C\C[C@@H]2CC[C@@H](C(=O)OC(C)(C)C)N2C1=O. The van der Waals surface area contributed by atoms with Crippen molar-refractivity contribution in [1.29, 1.82) is 0 Å². The van der Waals surface area contributed by atoms with Crippen molar-refractivity contribution in [3.05, 3.63) is 12.2 Å². The Morgan fingerprint density at radius 2 is 1.88 bits per heavy atom. The van der Waals surface area contributed by atoms with Crippen molar-refractivity contribution >= 4 is 18.0 Å². The van der Waals surface area contributed by atoms with E-state index in [0.29, 0.717) is 19.3 Å². The van der Waals surface area contributed by atoms with Gasteiger partial charge in [0.1, 0.15) is 17.7 Å². The molecule has 0 unspecified atom stereocenters. The number of nitrogens with zero attached hydrogens (tertiary/aromatic N) is 1. The molecule has 7 heteroatoms. The van der Waals surface area contributed by atoms with Gasteiger partial charge in [0.25, 0.3) is 0 Å². The van der Waals surface area contributed by atoms with Crippen LogP contribution in [0.2, 0.25) is 0 Å². The minimum atomic E-state index is -0.737. The molecule has 1 N–H and O–H groups in total. The van der Waals surface area contributed by atoms with Crippen LogP contribution >= 0.6 is 0 Å². The highest BCUT2D eigenvalue weighted by Gasteiger charge is 2.44. The van der Waals surface area contributed by atoms with Crippen LogP contribution in [0.1, 0.15) is 46.5 Å². The third kappa shape index (κ3) is 4.27. The smallest absolute Gasteiger partial charge is 0.407 e. The molecule has 0 aromatic rings. The summed E-state index contributed by atoms with van der Waals surface area (Å²) in [5.41, 5.74) is -0.607. The Balaban J connectivity index is 2.20. The predicted octanol–water partition coefficient (Wildman–Crippen LogP) is 1.76. The Labute approximate surface area is 142 Å². The second-order valence-corrected chi connectivity index (χ2v) is 7.16. The zero-order valence-corrected chi connectivity index (χ0v) is 14.7. The molecule has 134 valence electrons. The number of methoxy groups -OCH3 is 1. The lowest BCUT2D eigenvalue weighted by molar-refractivity contribution is -0.164. The molecule has 24 heavy (non-hydrogen) atoms. The number of amides is 2. The van der Waals surface area contributed by atoms with Crippen LogP contribution in [0.15, 0.2) is 12.2 Å². The molecule has 1 saturated heterocycles. The van der Waals surface area contributed by atoms with Gasteiger partial charge in [0.05, 0.1) is 7.11 Å². The average molecular weight is 338 g/mol. The van der Waals surface area contributed by atoms with E-state index in [1.165, 1.54) is 7.11 Å². The summed E-state index contributed by atoms with van der Waals surface area (Å²) in [6.07, 6.45) is 5.61. The lowest BCUT2D eigenvalue weighted by atomic mass is 10.0. The van der Waals surface area contributed by atoms with Gasteiger partial charge in [-0.3, -0.25) is 4.79 Å². The third-order valence-corrected chi connectivity index (χ3v) is 4.16. The van der Waals surface area contributed by atoms with Crippen molar-refractivity contribution in [1.82, 2.24) is 10.2 Å². The number of rotatable bonds is 2. The van der Waals surface area contributed by atoms with Crippen molar-refractivity contribution in [2.45, 2.75) is 70.2 Å². The molecule has 2 rings (SSSR count). The van der Waals surface area contributed by atoms with Crippen LogP contribution in [0.4, 0.5) is 4.79 Å². The Morgan fingerprint density at radius 3 is 2.50 bits per heavy atom. The summed E-state index contributed by atoms with van der Waals surface area (Å²) >= 11 is 0. The molecule has 2 aliphatic rings. The third-order valence-electron chi connectivity index (χ3n) is 4.16. The normalized spacial score (nSPS) is 28.4. The maximum absolute atomic E-state index is 12.9. The molecule has 0 aromatic heterocycles. The molecule has 0 spiro atoms. The molecular weight excluding hydrogens is 312 g/mol. The summed E-state index contributed by atoms with van der Waals surface area (Å²) in [5, 5.41) is 2.55. The van der Waals surface area contributed by atoms with E-state index >= 15 is 0 Å². The van der Waals surface area contributed by atoms with Crippen molar-refractivity contribution in [3.8, 4) is 0 Å². The fourth-order valence-electron chi connectivity index (χ4n) is 3.14. The highest BCUT2D eigenvalue weighted by Crippen LogP contribution is 2.31. The summed E-state index contributed by atoms with van der Waals surface area (Å²) in [4.78, 5) is 38.5. The minimum Gasteiger partial charge on any atom is -0.458 e. The standard InChI is InChI=1S/C17H26N2O5/c1-17(2,3)24-15(21)13-10-9-11-7-5-6-8-12(14(20)19(11)13)18-16(22)23-4/h5-6,11-13H,7-10H2,1-4H3,(H,18,22)/b6-5-/t11-,12+,13+/m1/s1. The number of ether oxygens (including phenoxy) is 2. The number of carbonyl (C=O) groups is 3. The molecule has 1 fully saturated rings. The Kier molecular flexibility index (Phi) is 5.51. The first kappa shape index (κ1) is 18.3. The van der Waals surface area contributed by atoms with Crippen LogP contribution in [-0.4, -0.2) is 53.7 Å². The number of hydrogen-bond acceptors (Lipinski definition) is 5. The van der Waals surface area contributed by atoms with E-state index in [-0.39, 0.29) is 17.9 Å². The Hall–Kier alpha value is -2.05. The van der Waals surface area contributed by atoms with E-state index in [4.69, 9.17) is 4.74 Å². The molecule has 3 atom stereocenters. The first-order chi connectivity index (χ1) is 11.2. The summed E-state index contributed by atoms with van der Waals surface area (Å²) in [5.74, 6) is -0.650. The molecule has 0 bridgehead atoms. The van der Waals surface area contributed by atoms with Gasteiger partial charge in [0.15, 0.2) is 0 Å². The van der Waals surface area contributed by atoms with Gasteiger partial charge in [-0.25, -0.2) is 9.59 Å². The van der Waals surface area contributed by atoms with Gasteiger partial charge in [-0.15, -0.1) is 0 Å². The first-order valence-corrected chi connectivity index (χ1v) is 8.27. The monoisotopic (exact) mass is 338 g/mol. The van der Waals surface area contributed by atoms with E-state index in [1.54, 1.807) is 25.7 Å². The van der Waals surface area contributed by atoms with Crippen LogP contribution in [-0.2, 0) is 19.1 Å². The lowest BCUT2D eigenvalue weighted by Crippen LogP contribution is -2.55. The number of nitrogens with one attached hydrogen (secondary N) is 1. The average Bonchev–Trinajstić information content (AvgIpc) is 2.89. The van der Waals surface area contributed by atoms with E-state index in [2.05, 4.69) is 10.1 Å². The van der Waals surface area contributed by atoms with Crippen LogP contribution in [0.25, 0.3) is 0 Å². The van der Waals surface area contributed by atoms with Gasteiger partial charge in [0, 0.05) is 6.04 Å². The second kappa shape index (κ2) is 7.23. The fraction of sp³-hybridized carbons (Fsp3) is 0.706. The Bertz CT molecular complexity index is 538. The first-order valence-electron chi connectivity index (χ1n) is 8.27. The number of fused-ring (bicyclic) bond motifs is 1. The number of hydrogen-bond donors (Lipinski definition) is 1. The van der Waals surface area contributed by atoms with Crippen molar-refractivity contribution in [3.63, 3.8) is 0 Å². The molecule has 2 heterocycles. The maximum atomic E-state index is 12.9. The van der Waals surface area contributed by atoms with Gasteiger partial charge in [0.2, 0.25) is 5.91 Å². The Morgan fingerprint density at radius 1 is 1.21 bits per heavy atom. The number of esters is 1. The molecule has 0 saturated carbocycles. The van der Waals surface area contributed by atoms with E-state index in [0.717, 1.165) is 6.42 Å². The van der Waals surface area contributed by atoms with Crippen LogP contribution in [0.3, 0.4) is 0 Å². The zero-order chi connectivity index (χ0) is 17.9. The summed E-state index contributed by atoms with van der Waals surface area (Å²) in [7, 11) is 1.25. The van der Waals surface area contributed by atoms with Gasteiger partial charge >= 0.3 is 12.1 Å². The highest BCUT2D eigenvalue weighted by molar-refractivity contribution is 5.90. The number of carbonyl (C=O) groups excluding carboxylic acids is 3. The van der Waals surface area contributed by atoms with Crippen LogP contribution in [0, 0.1) is 0 Å². The summed E-state index contributed by atoms with van der Waals surface area (Å²) < 4.78 is 10.1. The fourth-order valence-corrected chi connectivity index (χ4v) is 3.14. The van der Waals surface area contributed by atoms with Crippen LogP contribution < -0.4 is 5.32 Å². The van der Waals surface area contributed by atoms with E-state index in [1.807, 2.05) is 12.2 Å². The van der Waals surface area contributed by atoms with Gasteiger partial charge in [-0.1, -0.05) is 12.2 Å². The number of alkyl carbamates (subject to hydrolysis) is 1. The summed E-state index contributed by atoms with van der Waals surface area (Å²) in [6.45, 7) is 5.41. The zero-order valence-electron chi connectivity index (χ0n) is 14.7. The van der Waals surface area contributed by atoms with E-state index < -0.39 is 23.8 Å². The van der Waals surface area contributed by atoms with Gasteiger partial charge in [-0.2, -0.15) is 0 Å². The second-order valence-electron chi connectivity index (χ2n) is 7.16. The maximum Gasteiger partial charge on any atom is 0.407 e.